The van der Waals surface area contributed by atoms with Crippen LogP contribution in [0.1, 0.15) is 43.4 Å². The standard InChI is InChI=1S/C17H19F2N3OS/c1-2-3-4-10-24-14-9-8-13(21-22-14)16(17(20)23)15-11(18)6-5-7-12(15)19/h5-9,16H,2-4,10H2,1H3,(H2,20,23). The molecule has 0 spiro atoms. The summed E-state index contributed by atoms with van der Waals surface area (Å²) in [6, 6.07) is 6.62. The smallest absolute Gasteiger partial charge is 0.231 e. The molecule has 1 amide bonds. The fourth-order valence-corrected chi connectivity index (χ4v) is 3.13. The first-order chi connectivity index (χ1) is 11.5. The van der Waals surface area contributed by atoms with E-state index in [4.69, 9.17) is 5.73 Å². The average molecular weight is 351 g/mol. The van der Waals surface area contributed by atoms with Gasteiger partial charge in [0.05, 0.1) is 5.69 Å². The minimum atomic E-state index is -1.31. The maximum atomic E-state index is 14.0. The number of carbonyl (C=O) groups is 1. The van der Waals surface area contributed by atoms with Crippen LogP contribution in [0.15, 0.2) is 35.4 Å². The predicted octanol–water partition coefficient (Wildman–Crippen LogP) is 3.65. The van der Waals surface area contributed by atoms with Crippen LogP contribution in [0.5, 0.6) is 0 Å². The molecular weight excluding hydrogens is 332 g/mol. The normalized spacial score (nSPS) is 12.1. The SMILES string of the molecule is CCCCCSc1ccc(C(C(N)=O)c2c(F)cccc2F)nn1. The van der Waals surface area contributed by atoms with Crippen molar-refractivity contribution in [2.45, 2.75) is 37.1 Å². The topological polar surface area (TPSA) is 68.9 Å². The van der Waals surface area contributed by atoms with Gasteiger partial charge in [-0.3, -0.25) is 4.79 Å². The quantitative estimate of drug-likeness (QED) is 0.582. The van der Waals surface area contributed by atoms with Gasteiger partial charge in [0.1, 0.15) is 22.6 Å². The van der Waals surface area contributed by atoms with E-state index in [0.29, 0.717) is 5.03 Å². The summed E-state index contributed by atoms with van der Waals surface area (Å²) >= 11 is 1.55. The van der Waals surface area contributed by atoms with E-state index in [1.54, 1.807) is 17.8 Å². The lowest BCUT2D eigenvalue weighted by atomic mass is 9.94. The van der Waals surface area contributed by atoms with E-state index in [9.17, 15) is 13.6 Å². The Labute approximate surface area is 143 Å². The Hall–Kier alpha value is -2.02. The van der Waals surface area contributed by atoms with Gasteiger partial charge in [0.2, 0.25) is 5.91 Å². The van der Waals surface area contributed by atoms with Gasteiger partial charge in [-0.1, -0.05) is 25.8 Å². The summed E-state index contributed by atoms with van der Waals surface area (Å²) in [4.78, 5) is 11.7. The molecule has 1 aromatic heterocycles. The highest BCUT2D eigenvalue weighted by molar-refractivity contribution is 7.99. The molecule has 0 aliphatic heterocycles. The molecule has 128 valence electrons. The van der Waals surface area contributed by atoms with Crippen molar-refractivity contribution in [1.29, 1.82) is 0 Å². The zero-order valence-electron chi connectivity index (χ0n) is 13.3. The second-order valence-corrected chi connectivity index (χ2v) is 6.44. The lowest BCUT2D eigenvalue weighted by Crippen LogP contribution is -2.25. The van der Waals surface area contributed by atoms with Gasteiger partial charge in [-0.2, -0.15) is 5.10 Å². The first-order valence-electron chi connectivity index (χ1n) is 7.74. The number of unbranched alkanes of at least 4 members (excludes halogenated alkanes) is 2. The summed E-state index contributed by atoms with van der Waals surface area (Å²) in [5, 5.41) is 8.68. The number of hydrogen-bond donors (Lipinski definition) is 1. The van der Waals surface area contributed by atoms with Crippen molar-refractivity contribution in [2.24, 2.45) is 5.73 Å². The summed E-state index contributed by atoms with van der Waals surface area (Å²) in [6.45, 7) is 2.13. The third kappa shape index (κ3) is 4.50. The number of thioether (sulfide) groups is 1. The van der Waals surface area contributed by atoms with Crippen molar-refractivity contribution in [1.82, 2.24) is 10.2 Å². The number of halogens is 2. The molecule has 1 unspecified atom stereocenters. The molecule has 4 nitrogen and oxygen atoms in total. The molecule has 1 atom stereocenters. The Kier molecular flexibility index (Phi) is 6.66. The van der Waals surface area contributed by atoms with Gasteiger partial charge in [0.25, 0.3) is 0 Å². The van der Waals surface area contributed by atoms with Gasteiger partial charge >= 0.3 is 0 Å². The van der Waals surface area contributed by atoms with Gasteiger partial charge in [0.15, 0.2) is 0 Å². The van der Waals surface area contributed by atoms with Crippen molar-refractivity contribution in [3.05, 3.63) is 53.2 Å². The monoisotopic (exact) mass is 351 g/mol. The summed E-state index contributed by atoms with van der Waals surface area (Å²) < 4.78 is 27.9. The highest BCUT2D eigenvalue weighted by atomic mass is 32.2. The van der Waals surface area contributed by atoms with Crippen LogP contribution in [-0.2, 0) is 4.79 Å². The molecule has 2 aromatic rings. The highest BCUT2D eigenvalue weighted by Crippen LogP contribution is 2.28. The van der Waals surface area contributed by atoms with Crippen LogP contribution in [0, 0.1) is 11.6 Å². The Morgan fingerprint density at radius 1 is 1.17 bits per heavy atom. The number of primary amides is 1. The van der Waals surface area contributed by atoms with Gasteiger partial charge < -0.3 is 5.73 Å². The van der Waals surface area contributed by atoms with E-state index in [-0.39, 0.29) is 5.69 Å². The van der Waals surface area contributed by atoms with E-state index >= 15 is 0 Å². The maximum absolute atomic E-state index is 14.0. The zero-order chi connectivity index (χ0) is 17.5. The van der Waals surface area contributed by atoms with Gasteiger partial charge in [-0.25, -0.2) is 8.78 Å². The molecule has 0 fully saturated rings. The van der Waals surface area contributed by atoms with Crippen LogP contribution >= 0.6 is 11.8 Å². The van der Waals surface area contributed by atoms with Crippen molar-refractivity contribution in [3.63, 3.8) is 0 Å². The molecule has 1 aromatic carbocycles. The first kappa shape index (κ1) is 18.3. The third-order valence-corrected chi connectivity index (χ3v) is 4.53. The lowest BCUT2D eigenvalue weighted by molar-refractivity contribution is -0.118. The summed E-state index contributed by atoms with van der Waals surface area (Å²) in [6.07, 6.45) is 3.36. The highest BCUT2D eigenvalue weighted by Gasteiger charge is 2.28. The summed E-state index contributed by atoms with van der Waals surface area (Å²) in [7, 11) is 0. The third-order valence-electron chi connectivity index (χ3n) is 3.53. The van der Waals surface area contributed by atoms with Crippen molar-refractivity contribution >= 4 is 17.7 Å². The molecule has 2 N–H and O–H groups in total. The Balaban J connectivity index is 2.22. The molecule has 24 heavy (non-hydrogen) atoms. The molecular formula is C17H19F2N3OS. The van der Waals surface area contributed by atoms with E-state index in [0.717, 1.165) is 37.1 Å². The molecule has 0 saturated heterocycles. The molecule has 7 heteroatoms. The van der Waals surface area contributed by atoms with E-state index in [1.807, 2.05) is 0 Å². The van der Waals surface area contributed by atoms with Gasteiger partial charge in [-0.05, 0) is 36.4 Å². The van der Waals surface area contributed by atoms with Crippen LogP contribution in [-0.4, -0.2) is 21.9 Å². The molecule has 0 saturated carbocycles. The minimum absolute atomic E-state index is 0.129. The number of hydrogen-bond acceptors (Lipinski definition) is 4. The fourth-order valence-electron chi connectivity index (χ4n) is 2.31. The molecule has 0 bridgehead atoms. The number of carbonyl (C=O) groups excluding carboxylic acids is 1. The second-order valence-electron chi connectivity index (χ2n) is 5.32. The van der Waals surface area contributed by atoms with E-state index < -0.39 is 29.0 Å². The lowest BCUT2D eigenvalue weighted by Gasteiger charge is -2.14. The molecule has 0 aliphatic rings. The number of nitrogens with zero attached hydrogens (tertiary/aromatic N) is 2. The Morgan fingerprint density at radius 3 is 2.42 bits per heavy atom. The largest absolute Gasteiger partial charge is 0.369 e. The number of nitrogens with two attached hydrogens (primary N) is 1. The maximum Gasteiger partial charge on any atom is 0.231 e. The molecule has 2 rings (SSSR count). The fraction of sp³-hybridized carbons (Fsp3) is 0.353. The minimum Gasteiger partial charge on any atom is -0.369 e. The van der Waals surface area contributed by atoms with Crippen molar-refractivity contribution in [3.8, 4) is 0 Å². The number of benzene rings is 1. The van der Waals surface area contributed by atoms with Crippen LogP contribution in [0.4, 0.5) is 8.78 Å². The average Bonchev–Trinajstić information content (AvgIpc) is 2.56. The molecule has 1 heterocycles. The van der Waals surface area contributed by atoms with Gasteiger partial charge in [0, 0.05) is 5.56 Å². The van der Waals surface area contributed by atoms with Gasteiger partial charge in [-0.15, -0.1) is 16.9 Å². The summed E-state index contributed by atoms with van der Waals surface area (Å²) in [5.74, 6) is -2.94. The van der Waals surface area contributed by atoms with Crippen molar-refractivity contribution in [2.75, 3.05) is 5.75 Å². The number of aromatic nitrogens is 2. The molecule has 0 radical (unpaired) electrons. The number of rotatable bonds is 8. The first-order valence-corrected chi connectivity index (χ1v) is 8.72. The Bertz CT molecular complexity index is 674. The Morgan fingerprint density at radius 2 is 1.88 bits per heavy atom. The van der Waals surface area contributed by atoms with Crippen LogP contribution in [0.2, 0.25) is 0 Å². The molecule has 0 aliphatic carbocycles. The second kappa shape index (κ2) is 8.73. The van der Waals surface area contributed by atoms with Crippen LogP contribution in [0.3, 0.4) is 0 Å². The predicted molar refractivity (Wildman–Crippen MR) is 89.7 cm³/mol. The van der Waals surface area contributed by atoms with Crippen LogP contribution < -0.4 is 5.73 Å². The van der Waals surface area contributed by atoms with E-state index in [1.165, 1.54) is 12.1 Å². The van der Waals surface area contributed by atoms with Crippen LogP contribution in [0.25, 0.3) is 0 Å². The van der Waals surface area contributed by atoms with Crippen molar-refractivity contribution < 1.29 is 13.6 Å². The van der Waals surface area contributed by atoms with E-state index in [2.05, 4.69) is 17.1 Å². The summed E-state index contributed by atoms with van der Waals surface area (Å²) in [5.41, 5.74) is 5.07. The number of amides is 1. The zero-order valence-corrected chi connectivity index (χ0v) is 14.2.